The fourth-order valence-corrected chi connectivity index (χ4v) is 1.44. The first kappa shape index (κ1) is 10.3. The molecule has 0 aromatic heterocycles. The Hall–Kier alpha value is -1.19. The molecule has 1 aromatic rings. The van der Waals surface area contributed by atoms with E-state index >= 15 is 0 Å². The fourth-order valence-electron chi connectivity index (χ4n) is 1.44. The number of rotatable bonds is 3. The predicted octanol–water partition coefficient (Wildman–Crippen LogP) is 3.08. The highest BCUT2D eigenvalue weighted by Gasteiger charge is 2.20. The molecule has 0 bridgehead atoms. The van der Waals surface area contributed by atoms with Gasteiger partial charge >= 0.3 is 0 Å². The van der Waals surface area contributed by atoms with E-state index in [9.17, 15) is 13.2 Å². The van der Waals surface area contributed by atoms with E-state index in [2.05, 4.69) is 0 Å². The summed E-state index contributed by atoms with van der Waals surface area (Å²) in [5.41, 5.74) is 0. The Morgan fingerprint density at radius 2 is 2.07 bits per heavy atom. The summed E-state index contributed by atoms with van der Waals surface area (Å²) in [5, 5.41) is 0. The van der Waals surface area contributed by atoms with E-state index in [4.69, 9.17) is 4.74 Å². The van der Waals surface area contributed by atoms with Crippen LogP contribution in [0.15, 0.2) is 6.07 Å². The lowest BCUT2D eigenvalue weighted by Crippen LogP contribution is -2.19. The summed E-state index contributed by atoms with van der Waals surface area (Å²) >= 11 is 0. The molecule has 0 unspecified atom stereocenters. The van der Waals surface area contributed by atoms with Gasteiger partial charge in [-0.1, -0.05) is 6.42 Å². The second-order valence-corrected chi connectivity index (χ2v) is 3.72. The van der Waals surface area contributed by atoms with Gasteiger partial charge in [0.2, 0.25) is 5.82 Å². The van der Waals surface area contributed by atoms with Crippen molar-refractivity contribution in [1.82, 2.24) is 0 Å². The van der Waals surface area contributed by atoms with Crippen molar-refractivity contribution >= 4 is 0 Å². The van der Waals surface area contributed by atoms with Crippen molar-refractivity contribution in [1.29, 1.82) is 0 Å². The van der Waals surface area contributed by atoms with Crippen LogP contribution in [0.25, 0.3) is 0 Å². The van der Waals surface area contributed by atoms with Crippen LogP contribution in [-0.4, -0.2) is 6.61 Å². The van der Waals surface area contributed by atoms with Crippen molar-refractivity contribution in [3.05, 3.63) is 29.6 Å². The Morgan fingerprint density at radius 1 is 1.33 bits per heavy atom. The Kier molecular flexibility index (Phi) is 2.84. The second kappa shape index (κ2) is 4.13. The minimum Gasteiger partial charge on any atom is -0.489 e. The zero-order valence-corrected chi connectivity index (χ0v) is 8.03. The predicted molar refractivity (Wildman–Crippen MR) is 48.0 cm³/mol. The Morgan fingerprint density at radius 3 is 2.67 bits per heavy atom. The normalized spacial score (nSPS) is 16.2. The zero-order chi connectivity index (χ0) is 10.8. The van der Waals surface area contributed by atoms with Crippen LogP contribution in [0.3, 0.4) is 0 Å². The third-order valence-corrected chi connectivity index (χ3v) is 2.58. The Bertz CT molecular complexity index is 361. The van der Waals surface area contributed by atoms with Crippen LogP contribution in [0.1, 0.15) is 19.3 Å². The van der Waals surface area contributed by atoms with Crippen LogP contribution in [0, 0.1) is 29.4 Å². The molecule has 0 heterocycles. The van der Waals surface area contributed by atoms with Crippen LogP contribution in [0.2, 0.25) is 0 Å². The molecule has 0 N–H and O–H groups in total. The highest BCUT2D eigenvalue weighted by atomic mass is 19.2. The van der Waals surface area contributed by atoms with Crippen LogP contribution in [-0.2, 0) is 0 Å². The fraction of sp³-hybridized carbons (Fsp3) is 0.455. The summed E-state index contributed by atoms with van der Waals surface area (Å²) in [5.74, 6) is -3.44. The van der Waals surface area contributed by atoms with E-state index < -0.39 is 23.2 Å². The van der Waals surface area contributed by atoms with Gasteiger partial charge in [0.15, 0.2) is 11.6 Å². The number of benzene rings is 1. The molecule has 0 amide bonds. The van der Waals surface area contributed by atoms with Crippen LogP contribution < -0.4 is 4.74 Å². The molecule has 0 atom stereocenters. The summed E-state index contributed by atoms with van der Waals surface area (Å²) in [7, 11) is 0. The molecule has 1 radical (unpaired) electrons. The molecular weight excluding hydrogens is 205 g/mol. The minimum absolute atomic E-state index is 0.302. The number of hydrogen-bond donors (Lipinski definition) is 0. The maximum Gasteiger partial charge on any atom is 0.201 e. The maximum atomic E-state index is 13.1. The number of hydrogen-bond acceptors (Lipinski definition) is 1. The molecule has 4 heteroatoms. The van der Waals surface area contributed by atoms with Gasteiger partial charge in [-0.3, -0.25) is 0 Å². The summed E-state index contributed by atoms with van der Waals surface area (Å²) < 4.78 is 43.5. The van der Waals surface area contributed by atoms with E-state index in [1.807, 2.05) is 6.07 Å². The van der Waals surface area contributed by atoms with Crippen molar-refractivity contribution in [2.45, 2.75) is 19.3 Å². The van der Waals surface area contributed by atoms with Crippen molar-refractivity contribution in [3.8, 4) is 5.75 Å². The van der Waals surface area contributed by atoms with E-state index in [1.165, 1.54) is 0 Å². The molecule has 2 rings (SSSR count). The van der Waals surface area contributed by atoms with E-state index in [-0.39, 0.29) is 0 Å². The van der Waals surface area contributed by atoms with Crippen LogP contribution in [0.4, 0.5) is 13.2 Å². The Labute approximate surface area is 85.9 Å². The zero-order valence-electron chi connectivity index (χ0n) is 8.03. The SMILES string of the molecule is Fc1[c]c(OCC2CCC2)c(F)c(F)c1. The summed E-state index contributed by atoms with van der Waals surface area (Å²) in [4.78, 5) is 0. The molecule has 1 aliphatic rings. The van der Waals surface area contributed by atoms with E-state index in [0.29, 0.717) is 18.6 Å². The van der Waals surface area contributed by atoms with Crippen LogP contribution >= 0.6 is 0 Å². The molecular formula is C11H10F3O. The summed E-state index contributed by atoms with van der Waals surface area (Å²) in [6.45, 7) is 0.302. The largest absolute Gasteiger partial charge is 0.489 e. The third kappa shape index (κ3) is 2.25. The first-order valence-electron chi connectivity index (χ1n) is 4.86. The van der Waals surface area contributed by atoms with Gasteiger partial charge in [0.05, 0.1) is 12.7 Å². The molecule has 1 aromatic carbocycles. The molecule has 81 valence electrons. The third-order valence-electron chi connectivity index (χ3n) is 2.58. The van der Waals surface area contributed by atoms with Gasteiger partial charge in [-0.05, 0) is 18.8 Å². The van der Waals surface area contributed by atoms with Crippen LogP contribution in [0.5, 0.6) is 5.75 Å². The van der Waals surface area contributed by atoms with Gasteiger partial charge in [0, 0.05) is 6.07 Å². The lowest BCUT2D eigenvalue weighted by Gasteiger charge is -2.25. The lowest BCUT2D eigenvalue weighted by atomic mass is 9.86. The monoisotopic (exact) mass is 215 g/mol. The van der Waals surface area contributed by atoms with Crippen molar-refractivity contribution in [2.75, 3.05) is 6.61 Å². The molecule has 0 saturated heterocycles. The standard InChI is InChI=1S/C11H10F3O/c12-8-4-9(13)11(14)10(5-8)15-6-7-2-1-3-7/h4,7H,1-3,6H2. The van der Waals surface area contributed by atoms with Gasteiger partial charge < -0.3 is 4.74 Å². The minimum atomic E-state index is -1.24. The average molecular weight is 215 g/mol. The van der Waals surface area contributed by atoms with Crippen molar-refractivity contribution in [3.63, 3.8) is 0 Å². The van der Waals surface area contributed by atoms with Gasteiger partial charge in [0.1, 0.15) is 5.82 Å². The first-order chi connectivity index (χ1) is 7.16. The molecule has 1 saturated carbocycles. The molecule has 15 heavy (non-hydrogen) atoms. The first-order valence-corrected chi connectivity index (χ1v) is 4.86. The van der Waals surface area contributed by atoms with Gasteiger partial charge in [-0.2, -0.15) is 4.39 Å². The van der Waals surface area contributed by atoms with Crippen molar-refractivity contribution < 1.29 is 17.9 Å². The number of halogens is 3. The quantitative estimate of drug-likeness (QED) is 0.704. The molecule has 0 spiro atoms. The van der Waals surface area contributed by atoms with Gasteiger partial charge in [0.25, 0.3) is 0 Å². The summed E-state index contributed by atoms with van der Waals surface area (Å²) in [6, 6.07) is 2.47. The molecule has 0 aliphatic heterocycles. The second-order valence-electron chi connectivity index (χ2n) is 3.72. The topological polar surface area (TPSA) is 9.23 Å². The summed E-state index contributed by atoms with van der Waals surface area (Å²) in [6.07, 6.45) is 3.19. The Balaban J connectivity index is 2.05. The maximum absolute atomic E-state index is 13.1. The molecule has 1 fully saturated rings. The molecule has 1 aliphatic carbocycles. The lowest BCUT2D eigenvalue weighted by molar-refractivity contribution is 0.173. The highest BCUT2D eigenvalue weighted by Crippen LogP contribution is 2.28. The van der Waals surface area contributed by atoms with Crippen molar-refractivity contribution in [2.24, 2.45) is 5.92 Å². The average Bonchev–Trinajstić information content (AvgIpc) is 2.10. The highest BCUT2D eigenvalue weighted by molar-refractivity contribution is 5.24. The van der Waals surface area contributed by atoms with E-state index in [0.717, 1.165) is 19.3 Å². The number of ether oxygens (including phenoxy) is 1. The van der Waals surface area contributed by atoms with Gasteiger partial charge in [-0.25, -0.2) is 8.78 Å². The van der Waals surface area contributed by atoms with Gasteiger partial charge in [-0.15, -0.1) is 0 Å². The molecule has 1 nitrogen and oxygen atoms in total. The van der Waals surface area contributed by atoms with E-state index in [1.54, 1.807) is 0 Å². The smallest absolute Gasteiger partial charge is 0.201 e.